The number of hydrogen-bond donors (Lipinski definition) is 1. The summed E-state index contributed by atoms with van der Waals surface area (Å²) in [5, 5.41) is 4.75. The maximum absolute atomic E-state index is 13.1. The zero-order chi connectivity index (χ0) is 20.5. The minimum Gasteiger partial charge on any atom is -0.337 e. The molecule has 4 amide bonds. The maximum Gasteiger partial charge on any atom is 0.325 e. The van der Waals surface area contributed by atoms with Gasteiger partial charge < -0.3 is 10.2 Å². The predicted molar refractivity (Wildman–Crippen MR) is 111 cm³/mol. The third-order valence-corrected chi connectivity index (χ3v) is 7.41. The molecule has 2 saturated heterocycles. The van der Waals surface area contributed by atoms with Crippen molar-refractivity contribution in [1.82, 2.24) is 20.1 Å². The van der Waals surface area contributed by atoms with Gasteiger partial charge in [-0.3, -0.25) is 14.5 Å². The molecule has 2 fully saturated rings. The van der Waals surface area contributed by atoms with Crippen LogP contribution in [0.2, 0.25) is 0 Å². The summed E-state index contributed by atoms with van der Waals surface area (Å²) in [6.07, 6.45) is 3.82. The summed E-state index contributed by atoms with van der Waals surface area (Å²) in [5.74, 6) is -0.228. The van der Waals surface area contributed by atoms with Gasteiger partial charge in [-0.15, -0.1) is 11.3 Å². The van der Waals surface area contributed by atoms with Gasteiger partial charge in [0.05, 0.1) is 6.54 Å². The van der Waals surface area contributed by atoms with Gasteiger partial charge in [-0.1, -0.05) is 30.8 Å². The third kappa shape index (κ3) is 3.69. The molecule has 0 aromatic carbocycles. The number of urea groups is 1. The van der Waals surface area contributed by atoms with Gasteiger partial charge in [0, 0.05) is 18.5 Å². The lowest BCUT2D eigenvalue weighted by Crippen LogP contribution is -2.56. The number of hydrogen-bond acceptors (Lipinski definition) is 6. The third-order valence-electron chi connectivity index (χ3n) is 5.54. The molecular weight excluding hydrogens is 396 g/mol. The van der Waals surface area contributed by atoms with E-state index in [4.69, 9.17) is 0 Å². The number of rotatable bonds is 6. The van der Waals surface area contributed by atoms with Crippen molar-refractivity contribution in [3.63, 3.8) is 0 Å². The van der Waals surface area contributed by atoms with E-state index in [1.165, 1.54) is 28.0 Å². The topological polar surface area (TPSA) is 82.6 Å². The summed E-state index contributed by atoms with van der Waals surface area (Å²) in [4.78, 5) is 45.6. The van der Waals surface area contributed by atoms with E-state index in [0.29, 0.717) is 38.0 Å². The molecule has 3 rings (SSSR count). The number of likely N-dealkylation sites (tertiary alicyclic amines) is 1. The van der Waals surface area contributed by atoms with Crippen LogP contribution in [0.15, 0.2) is 21.9 Å². The van der Waals surface area contributed by atoms with Crippen molar-refractivity contribution < 1.29 is 14.4 Å². The first-order chi connectivity index (χ1) is 13.3. The van der Waals surface area contributed by atoms with E-state index in [1.54, 1.807) is 17.2 Å². The molecule has 2 aliphatic heterocycles. The molecule has 1 aromatic heterocycles. The molecule has 0 spiro atoms. The summed E-state index contributed by atoms with van der Waals surface area (Å²) in [6, 6.07) is -0.347. The zero-order valence-electron chi connectivity index (χ0n) is 16.5. The number of aromatic nitrogens is 1. The molecule has 1 N–H and O–H groups in total. The van der Waals surface area contributed by atoms with E-state index in [1.807, 2.05) is 13.2 Å². The first kappa shape index (κ1) is 20.9. The van der Waals surface area contributed by atoms with Crippen LogP contribution in [0.3, 0.4) is 0 Å². The van der Waals surface area contributed by atoms with Gasteiger partial charge in [-0.2, -0.15) is 0 Å². The van der Waals surface area contributed by atoms with Gasteiger partial charge in [0.1, 0.15) is 15.6 Å². The average Bonchev–Trinajstić information content (AvgIpc) is 3.26. The Labute approximate surface area is 173 Å². The quantitative estimate of drug-likeness (QED) is 0.433. The molecule has 0 radical (unpaired) electrons. The largest absolute Gasteiger partial charge is 0.337 e. The Balaban J connectivity index is 1.69. The van der Waals surface area contributed by atoms with Gasteiger partial charge in [-0.05, 0) is 38.4 Å². The summed E-state index contributed by atoms with van der Waals surface area (Å²) < 4.78 is 0.875. The Morgan fingerprint density at radius 1 is 1.43 bits per heavy atom. The Hall–Kier alpha value is -1.87. The molecule has 2 aliphatic rings. The number of amides is 4. The molecule has 0 saturated carbocycles. The minimum atomic E-state index is -0.881. The fourth-order valence-corrected chi connectivity index (χ4v) is 5.29. The van der Waals surface area contributed by atoms with Crippen LogP contribution < -0.4 is 5.32 Å². The molecule has 1 aromatic rings. The molecule has 0 bridgehead atoms. The number of nitrogens with zero attached hydrogens (tertiary/aromatic N) is 3. The Kier molecular flexibility index (Phi) is 6.14. The van der Waals surface area contributed by atoms with Gasteiger partial charge in [0.15, 0.2) is 0 Å². The number of carbonyl (C=O) groups excluding carboxylic acids is 3. The second-order valence-corrected chi connectivity index (χ2v) is 9.28. The van der Waals surface area contributed by atoms with Gasteiger partial charge in [0.25, 0.3) is 11.8 Å². The van der Waals surface area contributed by atoms with Crippen LogP contribution >= 0.6 is 23.1 Å². The monoisotopic (exact) mass is 422 g/mol. The van der Waals surface area contributed by atoms with Crippen LogP contribution in [-0.4, -0.2) is 64.1 Å². The molecule has 28 heavy (non-hydrogen) atoms. The van der Waals surface area contributed by atoms with Crippen LogP contribution in [0.4, 0.5) is 4.79 Å². The SMILES string of the molecule is C=C(C)CN1C(=O)N[C@@](CC)(C2CCN(C(=O)c3csc(SC)n3)CC2)C1=O. The van der Waals surface area contributed by atoms with Crippen molar-refractivity contribution in [3.05, 3.63) is 23.2 Å². The van der Waals surface area contributed by atoms with Gasteiger partial charge in [0.2, 0.25) is 0 Å². The van der Waals surface area contributed by atoms with Crippen molar-refractivity contribution in [2.24, 2.45) is 5.92 Å². The van der Waals surface area contributed by atoms with Gasteiger partial charge in [-0.25, -0.2) is 9.78 Å². The van der Waals surface area contributed by atoms with E-state index in [9.17, 15) is 14.4 Å². The fraction of sp³-hybridized carbons (Fsp3) is 0.579. The minimum absolute atomic E-state index is 0.00492. The number of imide groups is 1. The van der Waals surface area contributed by atoms with Crippen molar-refractivity contribution in [1.29, 1.82) is 0 Å². The molecule has 7 nitrogen and oxygen atoms in total. The Bertz CT molecular complexity index is 801. The van der Waals surface area contributed by atoms with E-state index in [2.05, 4.69) is 16.9 Å². The molecule has 152 valence electrons. The van der Waals surface area contributed by atoms with E-state index >= 15 is 0 Å². The van der Waals surface area contributed by atoms with Crippen molar-refractivity contribution in [2.45, 2.75) is 43.0 Å². The standard InChI is InChI=1S/C19H26N4O3S2/c1-5-19(16(25)23(10-12(2)3)17(26)21-19)13-6-8-22(9-7-13)15(24)14-11-28-18(20-14)27-4/h11,13H,2,5-10H2,1,3-4H3,(H,21,26)/t19-/m0/s1. The first-order valence-corrected chi connectivity index (χ1v) is 11.5. The number of thioether (sulfide) groups is 1. The summed E-state index contributed by atoms with van der Waals surface area (Å²) in [7, 11) is 0. The molecule has 3 heterocycles. The Morgan fingerprint density at radius 3 is 2.64 bits per heavy atom. The lowest BCUT2D eigenvalue weighted by Gasteiger charge is -2.40. The van der Waals surface area contributed by atoms with E-state index < -0.39 is 5.54 Å². The maximum atomic E-state index is 13.1. The van der Waals surface area contributed by atoms with Crippen LogP contribution in [0.5, 0.6) is 0 Å². The zero-order valence-corrected chi connectivity index (χ0v) is 18.1. The molecule has 0 aliphatic carbocycles. The van der Waals surface area contributed by atoms with Crippen molar-refractivity contribution >= 4 is 40.9 Å². The summed E-state index contributed by atoms with van der Waals surface area (Å²) in [6.45, 7) is 8.90. The van der Waals surface area contributed by atoms with E-state index in [-0.39, 0.29) is 30.3 Å². The van der Waals surface area contributed by atoms with Crippen LogP contribution in [-0.2, 0) is 4.79 Å². The van der Waals surface area contributed by atoms with Crippen molar-refractivity contribution in [2.75, 3.05) is 25.9 Å². The average molecular weight is 423 g/mol. The lowest BCUT2D eigenvalue weighted by molar-refractivity contribution is -0.133. The predicted octanol–water partition coefficient (Wildman–Crippen LogP) is 2.99. The fourth-order valence-electron chi connectivity index (χ4n) is 4.05. The summed E-state index contributed by atoms with van der Waals surface area (Å²) in [5.41, 5.74) is 0.369. The summed E-state index contributed by atoms with van der Waals surface area (Å²) >= 11 is 3.00. The lowest BCUT2D eigenvalue weighted by atomic mass is 9.75. The highest BCUT2D eigenvalue weighted by molar-refractivity contribution is 8.00. The molecule has 0 unspecified atom stereocenters. The second-order valence-electron chi connectivity index (χ2n) is 7.37. The first-order valence-electron chi connectivity index (χ1n) is 9.39. The molecular formula is C19H26N4O3S2. The number of carbonyl (C=O) groups is 3. The van der Waals surface area contributed by atoms with Crippen LogP contribution in [0.1, 0.15) is 43.6 Å². The highest BCUT2D eigenvalue weighted by Crippen LogP contribution is 2.36. The smallest absolute Gasteiger partial charge is 0.325 e. The normalized spacial score (nSPS) is 23.2. The molecule has 1 atom stereocenters. The Morgan fingerprint density at radius 2 is 2.11 bits per heavy atom. The van der Waals surface area contributed by atoms with E-state index in [0.717, 1.165) is 9.91 Å². The number of nitrogens with one attached hydrogen (secondary N) is 1. The molecule has 9 heteroatoms. The highest BCUT2D eigenvalue weighted by atomic mass is 32.2. The van der Waals surface area contributed by atoms with Crippen molar-refractivity contribution in [3.8, 4) is 0 Å². The number of piperidine rings is 1. The second kappa shape index (κ2) is 8.24. The van der Waals surface area contributed by atoms with Crippen LogP contribution in [0, 0.1) is 5.92 Å². The van der Waals surface area contributed by atoms with Gasteiger partial charge >= 0.3 is 6.03 Å². The van der Waals surface area contributed by atoms with Crippen LogP contribution in [0.25, 0.3) is 0 Å². The number of thiazole rings is 1. The highest BCUT2D eigenvalue weighted by Gasteiger charge is 2.54.